The monoisotopic (exact) mass is 394 g/mol. The van der Waals surface area contributed by atoms with Crippen molar-refractivity contribution in [3.63, 3.8) is 0 Å². The first kappa shape index (κ1) is 19.6. The van der Waals surface area contributed by atoms with Gasteiger partial charge in [0.15, 0.2) is 0 Å². The fourth-order valence-electron chi connectivity index (χ4n) is 3.64. The molecule has 3 rings (SSSR count). The molecule has 0 aromatic heterocycles. The van der Waals surface area contributed by atoms with E-state index in [9.17, 15) is 18.0 Å². The van der Waals surface area contributed by atoms with Crippen molar-refractivity contribution in [1.82, 2.24) is 15.1 Å². The SMILES string of the molecule is NS(=O)(=O)c1cccc(CNC(=O)C2CCCN(C(=O)N3CCCC3)C2)c1. The van der Waals surface area contributed by atoms with Gasteiger partial charge in [0.25, 0.3) is 0 Å². The van der Waals surface area contributed by atoms with Gasteiger partial charge in [-0.05, 0) is 43.4 Å². The van der Waals surface area contributed by atoms with Crippen LogP contribution in [0.2, 0.25) is 0 Å². The normalized spacial score (nSPS) is 20.6. The number of hydrogen-bond acceptors (Lipinski definition) is 4. The van der Waals surface area contributed by atoms with E-state index in [1.807, 2.05) is 4.90 Å². The molecule has 0 spiro atoms. The molecule has 2 aliphatic heterocycles. The van der Waals surface area contributed by atoms with Crippen LogP contribution in [0.4, 0.5) is 4.79 Å². The lowest BCUT2D eigenvalue weighted by atomic mass is 9.97. The third-order valence-electron chi connectivity index (χ3n) is 5.13. The van der Waals surface area contributed by atoms with Gasteiger partial charge in [0, 0.05) is 32.7 Å². The number of piperidine rings is 1. The van der Waals surface area contributed by atoms with Crippen LogP contribution in [0.5, 0.6) is 0 Å². The number of primary sulfonamides is 1. The number of nitrogens with zero attached hydrogens (tertiary/aromatic N) is 2. The van der Waals surface area contributed by atoms with Crippen molar-refractivity contribution in [2.24, 2.45) is 11.1 Å². The summed E-state index contributed by atoms with van der Waals surface area (Å²) in [6, 6.07) is 6.24. The maximum Gasteiger partial charge on any atom is 0.320 e. The van der Waals surface area contributed by atoms with E-state index in [-0.39, 0.29) is 29.3 Å². The molecular weight excluding hydrogens is 368 g/mol. The second kappa shape index (κ2) is 8.26. The van der Waals surface area contributed by atoms with Gasteiger partial charge in [0.2, 0.25) is 15.9 Å². The van der Waals surface area contributed by atoms with E-state index in [1.54, 1.807) is 17.0 Å². The molecule has 0 radical (unpaired) electrons. The molecular formula is C18H26N4O4S. The summed E-state index contributed by atoms with van der Waals surface area (Å²) in [6.07, 6.45) is 3.63. The minimum Gasteiger partial charge on any atom is -0.352 e. The summed E-state index contributed by atoms with van der Waals surface area (Å²) in [4.78, 5) is 28.7. The van der Waals surface area contributed by atoms with Crippen LogP contribution in [0.25, 0.3) is 0 Å². The van der Waals surface area contributed by atoms with Crippen LogP contribution in [-0.4, -0.2) is 56.3 Å². The number of carbonyl (C=O) groups is 2. The molecule has 0 saturated carbocycles. The van der Waals surface area contributed by atoms with Gasteiger partial charge >= 0.3 is 6.03 Å². The molecule has 9 heteroatoms. The van der Waals surface area contributed by atoms with Crippen LogP contribution in [-0.2, 0) is 21.4 Å². The fraction of sp³-hybridized carbons (Fsp3) is 0.556. The highest BCUT2D eigenvalue weighted by Crippen LogP contribution is 2.20. The van der Waals surface area contributed by atoms with E-state index < -0.39 is 10.0 Å². The Hall–Kier alpha value is -2.13. The van der Waals surface area contributed by atoms with E-state index in [0.717, 1.165) is 38.8 Å². The van der Waals surface area contributed by atoms with Crippen molar-refractivity contribution in [3.05, 3.63) is 29.8 Å². The Morgan fingerprint density at radius 2 is 1.81 bits per heavy atom. The van der Waals surface area contributed by atoms with Crippen molar-refractivity contribution >= 4 is 22.0 Å². The topological polar surface area (TPSA) is 113 Å². The number of nitrogens with two attached hydrogens (primary N) is 1. The third-order valence-corrected chi connectivity index (χ3v) is 6.04. The summed E-state index contributed by atoms with van der Waals surface area (Å²) < 4.78 is 22.9. The largest absolute Gasteiger partial charge is 0.352 e. The molecule has 1 aromatic carbocycles. The molecule has 0 bridgehead atoms. The molecule has 1 aromatic rings. The molecule has 3 amide bonds. The Labute approximate surface area is 159 Å². The van der Waals surface area contributed by atoms with Gasteiger partial charge in [0.1, 0.15) is 0 Å². The number of urea groups is 1. The minimum absolute atomic E-state index is 0.0225. The van der Waals surface area contributed by atoms with Crippen LogP contribution in [0.3, 0.4) is 0 Å². The number of sulfonamides is 1. The van der Waals surface area contributed by atoms with Crippen LogP contribution < -0.4 is 10.5 Å². The van der Waals surface area contributed by atoms with Gasteiger partial charge in [-0.1, -0.05) is 12.1 Å². The lowest BCUT2D eigenvalue weighted by Crippen LogP contribution is -2.49. The molecule has 0 aliphatic carbocycles. The van der Waals surface area contributed by atoms with E-state index >= 15 is 0 Å². The molecule has 2 aliphatic rings. The first-order valence-corrected chi connectivity index (χ1v) is 10.8. The highest BCUT2D eigenvalue weighted by atomic mass is 32.2. The number of benzene rings is 1. The van der Waals surface area contributed by atoms with Crippen LogP contribution >= 0.6 is 0 Å². The average Bonchev–Trinajstić information content (AvgIpc) is 3.20. The second-order valence-corrected chi connectivity index (χ2v) is 8.73. The minimum atomic E-state index is -3.77. The predicted molar refractivity (Wildman–Crippen MR) is 100 cm³/mol. The zero-order valence-corrected chi connectivity index (χ0v) is 16.1. The molecule has 27 heavy (non-hydrogen) atoms. The molecule has 2 heterocycles. The van der Waals surface area contributed by atoms with E-state index in [1.165, 1.54) is 12.1 Å². The highest BCUT2D eigenvalue weighted by molar-refractivity contribution is 7.89. The maximum atomic E-state index is 12.5. The van der Waals surface area contributed by atoms with Crippen molar-refractivity contribution in [2.75, 3.05) is 26.2 Å². The van der Waals surface area contributed by atoms with Crippen LogP contribution in [0.1, 0.15) is 31.2 Å². The number of rotatable bonds is 4. The lowest BCUT2D eigenvalue weighted by molar-refractivity contribution is -0.126. The highest BCUT2D eigenvalue weighted by Gasteiger charge is 2.31. The number of likely N-dealkylation sites (tertiary alicyclic amines) is 2. The molecule has 148 valence electrons. The second-order valence-electron chi connectivity index (χ2n) is 7.17. The first-order valence-electron chi connectivity index (χ1n) is 9.28. The number of hydrogen-bond donors (Lipinski definition) is 2. The summed E-state index contributed by atoms with van der Waals surface area (Å²) >= 11 is 0. The molecule has 1 atom stereocenters. The number of carbonyl (C=O) groups excluding carboxylic acids is 2. The van der Waals surface area contributed by atoms with E-state index in [0.29, 0.717) is 18.7 Å². The molecule has 8 nitrogen and oxygen atoms in total. The van der Waals surface area contributed by atoms with Crippen molar-refractivity contribution < 1.29 is 18.0 Å². The van der Waals surface area contributed by atoms with Crippen molar-refractivity contribution in [2.45, 2.75) is 37.1 Å². The Bertz CT molecular complexity index is 805. The van der Waals surface area contributed by atoms with Gasteiger partial charge in [-0.2, -0.15) is 0 Å². The van der Waals surface area contributed by atoms with Gasteiger partial charge in [-0.3, -0.25) is 4.79 Å². The van der Waals surface area contributed by atoms with E-state index in [4.69, 9.17) is 5.14 Å². The Balaban J connectivity index is 1.55. The van der Waals surface area contributed by atoms with Gasteiger partial charge < -0.3 is 15.1 Å². The van der Waals surface area contributed by atoms with Crippen molar-refractivity contribution in [1.29, 1.82) is 0 Å². The average molecular weight is 394 g/mol. The summed E-state index contributed by atoms with van der Waals surface area (Å²) in [7, 11) is -3.77. The van der Waals surface area contributed by atoms with Crippen molar-refractivity contribution in [3.8, 4) is 0 Å². The zero-order valence-electron chi connectivity index (χ0n) is 15.3. The summed E-state index contributed by atoms with van der Waals surface area (Å²) in [5.41, 5.74) is 0.663. The van der Waals surface area contributed by atoms with Crippen LogP contribution in [0.15, 0.2) is 29.2 Å². The molecule has 1 unspecified atom stereocenters. The number of amides is 3. The molecule has 3 N–H and O–H groups in total. The maximum absolute atomic E-state index is 12.5. The Morgan fingerprint density at radius 1 is 1.11 bits per heavy atom. The van der Waals surface area contributed by atoms with Gasteiger partial charge in [-0.15, -0.1) is 0 Å². The van der Waals surface area contributed by atoms with Gasteiger partial charge in [-0.25, -0.2) is 18.4 Å². The quantitative estimate of drug-likeness (QED) is 0.789. The summed E-state index contributed by atoms with van der Waals surface area (Å²) in [5.74, 6) is -0.360. The Morgan fingerprint density at radius 3 is 2.52 bits per heavy atom. The predicted octanol–water partition coefficient (Wildman–Crippen LogP) is 0.878. The third kappa shape index (κ3) is 4.98. The molecule has 2 saturated heterocycles. The fourth-order valence-corrected chi connectivity index (χ4v) is 4.22. The summed E-state index contributed by atoms with van der Waals surface area (Å²) in [6.45, 7) is 2.94. The smallest absolute Gasteiger partial charge is 0.320 e. The first-order chi connectivity index (χ1) is 12.8. The van der Waals surface area contributed by atoms with Crippen LogP contribution in [0, 0.1) is 5.92 Å². The van der Waals surface area contributed by atoms with E-state index in [2.05, 4.69) is 5.32 Å². The van der Waals surface area contributed by atoms with Gasteiger partial charge in [0.05, 0.1) is 10.8 Å². The summed E-state index contributed by atoms with van der Waals surface area (Å²) in [5, 5.41) is 7.99. The zero-order chi connectivity index (χ0) is 19.4. The Kier molecular flexibility index (Phi) is 6.01. The standard InChI is InChI=1S/C18H26N4O4S/c19-27(25,26)16-7-3-5-14(11-16)12-20-17(23)15-6-4-10-22(13-15)18(24)21-8-1-2-9-21/h3,5,7,11,15H,1-2,4,6,8-10,12-13H2,(H,20,23)(H2,19,25,26). The number of nitrogens with one attached hydrogen (secondary N) is 1. The molecule has 2 fully saturated rings. The lowest BCUT2D eigenvalue weighted by Gasteiger charge is -2.34.